The first-order valence-electron chi connectivity index (χ1n) is 6.07. The van der Waals surface area contributed by atoms with Gasteiger partial charge in [0.15, 0.2) is 5.58 Å². The van der Waals surface area contributed by atoms with Gasteiger partial charge in [0, 0.05) is 11.8 Å². The van der Waals surface area contributed by atoms with Crippen molar-refractivity contribution in [1.29, 1.82) is 0 Å². The zero-order valence-electron chi connectivity index (χ0n) is 10.6. The molecule has 0 aliphatic heterocycles. The van der Waals surface area contributed by atoms with Crippen LogP contribution in [0.5, 0.6) is 5.75 Å². The van der Waals surface area contributed by atoms with Crippen LogP contribution in [-0.2, 0) is 6.54 Å². The van der Waals surface area contributed by atoms with Crippen molar-refractivity contribution < 1.29 is 9.15 Å². The van der Waals surface area contributed by atoms with E-state index in [1.54, 1.807) is 7.11 Å². The zero-order valence-corrected chi connectivity index (χ0v) is 10.6. The lowest BCUT2D eigenvalue weighted by Crippen LogP contribution is -1.98. The van der Waals surface area contributed by atoms with Crippen LogP contribution in [0.1, 0.15) is 5.89 Å². The number of ether oxygens (including phenoxy) is 1. The Balaban J connectivity index is 1.78. The van der Waals surface area contributed by atoms with Crippen molar-refractivity contribution >= 4 is 16.8 Å². The van der Waals surface area contributed by atoms with Gasteiger partial charge in [-0.3, -0.25) is 0 Å². The Hall–Kier alpha value is -2.49. The van der Waals surface area contributed by atoms with Gasteiger partial charge in [-0.25, -0.2) is 4.98 Å². The summed E-state index contributed by atoms with van der Waals surface area (Å²) in [5.41, 5.74) is 2.62. The number of fused-ring (bicyclic) bond motifs is 1. The molecule has 0 radical (unpaired) electrons. The van der Waals surface area contributed by atoms with Gasteiger partial charge in [0.25, 0.3) is 0 Å². The van der Waals surface area contributed by atoms with Gasteiger partial charge in [0.1, 0.15) is 11.3 Å². The van der Waals surface area contributed by atoms with Crippen molar-refractivity contribution in [2.24, 2.45) is 0 Å². The van der Waals surface area contributed by atoms with E-state index in [0.717, 1.165) is 22.5 Å². The van der Waals surface area contributed by atoms with E-state index in [9.17, 15) is 0 Å². The van der Waals surface area contributed by atoms with Gasteiger partial charge in [-0.05, 0) is 24.3 Å². The fourth-order valence-corrected chi connectivity index (χ4v) is 1.89. The molecule has 2 aromatic carbocycles. The van der Waals surface area contributed by atoms with Crippen molar-refractivity contribution in [2.75, 3.05) is 12.4 Å². The average molecular weight is 254 g/mol. The molecule has 0 spiro atoms. The van der Waals surface area contributed by atoms with Gasteiger partial charge < -0.3 is 14.5 Å². The highest BCUT2D eigenvalue weighted by Crippen LogP contribution is 2.21. The number of hydrogen-bond acceptors (Lipinski definition) is 4. The maximum absolute atomic E-state index is 5.68. The third-order valence-corrected chi connectivity index (χ3v) is 2.86. The van der Waals surface area contributed by atoms with Gasteiger partial charge in [0.05, 0.1) is 13.7 Å². The van der Waals surface area contributed by atoms with E-state index in [1.165, 1.54) is 0 Å². The summed E-state index contributed by atoms with van der Waals surface area (Å²) in [6.45, 7) is 0.557. The number of anilines is 1. The quantitative estimate of drug-likeness (QED) is 0.774. The summed E-state index contributed by atoms with van der Waals surface area (Å²) in [6, 6.07) is 15.6. The molecule has 0 atom stereocenters. The Bertz CT molecular complexity index is 677. The number of methoxy groups -OCH3 is 1. The molecule has 4 nitrogen and oxygen atoms in total. The molecule has 0 aliphatic rings. The first-order chi connectivity index (χ1) is 9.35. The molecule has 0 saturated carbocycles. The SMILES string of the molecule is COc1ccc2nc(CNc3ccccc3)oc2c1. The van der Waals surface area contributed by atoms with Gasteiger partial charge >= 0.3 is 0 Å². The highest BCUT2D eigenvalue weighted by Gasteiger charge is 2.06. The van der Waals surface area contributed by atoms with Gasteiger partial charge in [-0.2, -0.15) is 0 Å². The normalized spacial score (nSPS) is 10.6. The minimum absolute atomic E-state index is 0.557. The number of oxazole rings is 1. The van der Waals surface area contributed by atoms with E-state index >= 15 is 0 Å². The second-order valence-electron chi connectivity index (χ2n) is 4.16. The van der Waals surface area contributed by atoms with Crippen LogP contribution in [0.3, 0.4) is 0 Å². The number of nitrogens with zero attached hydrogens (tertiary/aromatic N) is 1. The Labute approximate surface area is 111 Å². The number of rotatable bonds is 4. The summed E-state index contributed by atoms with van der Waals surface area (Å²) in [7, 11) is 1.63. The van der Waals surface area contributed by atoms with E-state index < -0.39 is 0 Å². The topological polar surface area (TPSA) is 47.3 Å². The summed E-state index contributed by atoms with van der Waals surface area (Å²) in [6.07, 6.45) is 0. The Morgan fingerprint density at radius 2 is 2.00 bits per heavy atom. The average Bonchev–Trinajstić information content (AvgIpc) is 2.88. The monoisotopic (exact) mass is 254 g/mol. The van der Waals surface area contributed by atoms with Gasteiger partial charge in [0.2, 0.25) is 5.89 Å². The molecule has 0 saturated heterocycles. The minimum atomic E-state index is 0.557. The van der Waals surface area contributed by atoms with Crippen molar-refractivity contribution in [3.05, 3.63) is 54.4 Å². The van der Waals surface area contributed by atoms with Gasteiger partial charge in [-0.1, -0.05) is 18.2 Å². The molecule has 0 fully saturated rings. The third kappa shape index (κ3) is 2.52. The van der Waals surface area contributed by atoms with Crippen molar-refractivity contribution in [1.82, 2.24) is 4.98 Å². The van der Waals surface area contributed by atoms with Crippen LogP contribution in [0.4, 0.5) is 5.69 Å². The molecular formula is C15H14N2O2. The molecule has 0 aliphatic carbocycles. The van der Waals surface area contributed by atoms with Crippen LogP contribution in [0.25, 0.3) is 11.1 Å². The van der Waals surface area contributed by atoms with Crippen LogP contribution in [0, 0.1) is 0 Å². The molecule has 1 N–H and O–H groups in total. The lowest BCUT2D eigenvalue weighted by atomic mass is 10.3. The molecule has 19 heavy (non-hydrogen) atoms. The Morgan fingerprint density at radius 3 is 2.79 bits per heavy atom. The maximum Gasteiger partial charge on any atom is 0.214 e. The number of hydrogen-bond donors (Lipinski definition) is 1. The number of nitrogens with one attached hydrogen (secondary N) is 1. The molecule has 1 aromatic heterocycles. The number of para-hydroxylation sites is 1. The fraction of sp³-hybridized carbons (Fsp3) is 0.133. The molecule has 4 heteroatoms. The van der Waals surface area contributed by atoms with Gasteiger partial charge in [-0.15, -0.1) is 0 Å². The van der Waals surface area contributed by atoms with Crippen LogP contribution in [0.15, 0.2) is 52.9 Å². The summed E-state index contributed by atoms with van der Waals surface area (Å²) in [4.78, 5) is 4.42. The predicted molar refractivity (Wildman–Crippen MR) is 74.3 cm³/mol. The standard InChI is InChI=1S/C15H14N2O2/c1-18-12-7-8-13-14(9-12)19-15(17-13)10-16-11-5-3-2-4-6-11/h2-9,16H,10H2,1H3. The minimum Gasteiger partial charge on any atom is -0.497 e. The molecule has 1 heterocycles. The van der Waals surface area contributed by atoms with E-state index in [0.29, 0.717) is 12.4 Å². The zero-order chi connectivity index (χ0) is 13.1. The highest BCUT2D eigenvalue weighted by atomic mass is 16.5. The second-order valence-corrected chi connectivity index (χ2v) is 4.16. The van der Waals surface area contributed by atoms with Crippen LogP contribution < -0.4 is 10.1 Å². The van der Waals surface area contributed by atoms with Crippen LogP contribution in [-0.4, -0.2) is 12.1 Å². The van der Waals surface area contributed by atoms with Crippen molar-refractivity contribution in [2.45, 2.75) is 6.54 Å². The fourth-order valence-electron chi connectivity index (χ4n) is 1.89. The Morgan fingerprint density at radius 1 is 1.16 bits per heavy atom. The number of benzene rings is 2. The summed E-state index contributed by atoms with van der Waals surface area (Å²) >= 11 is 0. The lowest BCUT2D eigenvalue weighted by molar-refractivity contribution is 0.414. The third-order valence-electron chi connectivity index (χ3n) is 2.86. The Kier molecular flexibility index (Phi) is 3.06. The number of aromatic nitrogens is 1. The predicted octanol–water partition coefficient (Wildman–Crippen LogP) is 3.45. The summed E-state index contributed by atoms with van der Waals surface area (Å²) < 4.78 is 10.8. The van der Waals surface area contributed by atoms with Crippen molar-refractivity contribution in [3.8, 4) is 5.75 Å². The summed E-state index contributed by atoms with van der Waals surface area (Å²) in [5, 5.41) is 3.26. The maximum atomic E-state index is 5.68. The van der Waals surface area contributed by atoms with E-state index in [1.807, 2.05) is 48.5 Å². The molecule has 0 amide bonds. The molecule has 0 bridgehead atoms. The molecule has 96 valence electrons. The van der Waals surface area contributed by atoms with E-state index in [2.05, 4.69) is 10.3 Å². The van der Waals surface area contributed by atoms with Crippen LogP contribution >= 0.6 is 0 Å². The smallest absolute Gasteiger partial charge is 0.214 e. The second kappa shape index (κ2) is 5.02. The molecule has 3 aromatic rings. The van der Waals surface area contributed by atoms with Crippen molar-refractivity contribution in [3.63, 3.8) is 0 Å². The highest BCUT2D eigenvalue weighted by molar-refractivity contribution is 5.74. The molecular weight excluding hydrogens is 240 g/mol. The molecule has 0 unspecified atom stereocenters. The van der Waals surface area contributed by atoms with E-state index in [-0.39, 0.29) is 0 Å². The first kappa shape index (κ1) is 11.6. The van der Waals surface area contributed by atoms with E-state index in [4.69, 9.17) is 9.15 Å². The first-order valence-corrected chi connectivity index (χ1v) is 6.07. The summed E-state index contributed by atoms with van der Waals surface area (Å²) in [5.74, 6) is 1.43. The lowest BCUT2D eigenvalue weighted by Gasteiger charge is -2.01. The molecule has 3 rings (SSSR count). The van der Waals surface area contributed by atoms with Crippen LogP contribution in [0.2, 0.25) is 0 Å². The largest absolute Gasteiger partial charge is 0.497 e.